The third kappa shape index (κ3) is 4.79. The van der Waals surface area contributed by atoms with Gasteiger partial charge < -0.3 is 10.1 Å². The summed E-state index contributed by atoms with van der Waals surface area (Å²) in [5.41, 5.74) is 2.31. The van der Waals surface area contributed by atoms with Crippen LogP contribution in [0.15, 0.2) is 18.5 Å². The van der Waals surface area contributed by atoms with Crippen molar-refractivity contribution < 1.29 is 4.74 Å². The molecule has 1 aromatic heterocycles. The van der Waals surface area contributed by atoms with Crippen molar-refractivity contribution in [3.8, 4) is 0 Å². The summed E-state index contributed by atoms with van der Waals surface area (Å²) < 4.78 is 5.46. The second-order valence-corrected chi connectivity index (χ2v) is 3.58. The molecule has 0 bridgehead atoms. The lowest BCUT2D eigenvalue weighted by atomic mass is 10.2. The van der Waals surface area contributed by atoms with E-state index in [4.69, 9.17) is 4.74 Å². The van der Waals surface area contributed by atoms with Gasteiger partial charge >= 0.3 is 0 Å². The first-order valence-electron chi connectivity index (χ1n) is 5.57. The van der Waals surface area contributed by atoms with Gasteiger partial charge in [-0.25, -0.2) is 0 Å². The van der Waals surface area contributed by atoms with E-state index in [2.05, 4.69) is 17.2 Å². The van der Waals surface area contributed by atoms with Gasteiger partial charge in [0, 0.05) is 31.2 Å². The maximum absolute atomic E-state index is 5.46. The van der Waals surface area contributed by atoms with Crippen molar-refractivity contribution in [1.82, 2.24) is 4.98 Å². The fourth-order valence-electron chi connectivity index (χ4n) is 1.28. The SMILES string of the molecule is CCCCOCCNc1ccncc1C. The highest BCUT2D eigenvalue weighted by atomic mass is 16.5. The molecule has 1 heterocycles. The molecule has 0 fully saturated rings. The monoisotopic (exact) mass is 208 g/mol. The molecule has 0 aliphatic rings. The number of hydrogen-bond acceptors (Lipinski definition) is 3. The molecule has 0 radical (unpaired) electrons. The standard InChI is InChI=1S/C12H20N2O/c1-3-4-8-15-9-7-14-12-5-6-13-10-11(12)2/h5-6,10H,3-4,7-9H2,1-2H3,(H,13,14). The number of pyridine rings is 1. The van der Waals surface area contributed by atoms with Crippen molar-refractivity contribution in [2.24, 2.45) is 0 Å². The first-order valence-corrected chi connectivity index (χ1v) is 5.57. The minimum atomic E-state index is 0.766. The lowest BCUT2D eigenvalue weighted by Gasteiger charge is -2.08. The Morgan fingerprint density at radius 1 is 1.40 bits per heavy atom. The van der Waals surface area contributed by atoms with E-state index >= 15 is 0 Å². The van der Waals surface area contributed by atoms with Crippen LogP contribution in [-0.2, 0) is 4.74 Å². The molecule has 84 valence electrons. The molecule has 0 saturated heterocycles. The van der Waals surface area contributed by atoms with Gasteiger partial charge in [0.2, 0.25) is 0 Å². The summed E-state index contributed by atoms with van der Waals surface area (Å²) in [6.45, 7) is 6.71. The topological polar surface area (TPSA) is 34.1 Å². The molecule has 15 heavy (non-hydrogen) atoms. The van der Waals surface area contributed by atoms with Crippen molar-refractivity contribution >= 4 is 5.69 Å². The van der Waals surface area contributed by atoms with Crippen LogP contribution in [0.2, 0.25) is 0 Å². The summed E-state index contributed by atoms with van der Waals surface area (Å²) in [4.78, 5) is 4.04. The predicted octanol–water partition coefficient (Wildman–Crippen LogP) is 2.62. The quantitative estimate of drug-likeness (QED) is 0.699. The van der Waals surface area contributed by atoms with Crippen LogP contribution in [0, 0.1) is 6.92 Å². The number of aromatic nitrogens is 1. The Labute approximate surface area is 91.9 Å². The van der Waals surface area contributed by atoms with Gasteiger partial charge in [-0.15, -0.1) is 0 Å². The Hall–Kier alpha value is -1.09. The second kappa shape index (κ2) is 7.23. The van der Waals surface area contributed by atoms with E-state index in [0.717, 1.165) is 31.9 Å². The van der Waals surface area contributed by atoms with E-state index in [1.165, 1.54) is 12.0 Å². The van der Waals surface area contributed by atoms with Crippen LogP contribution in [0.1, 0.15) is 25.3 Å². The van der Waals surface area contributed by atoms with Crippen LogP contribution in [0.3, 0.4) is 0 Å². The molecule has 1 aromatic rings. The van der Waals surface area contributed by atoms with Crippen LogP contribution in [0.25, 0.3) is 0 Å². The highest BCUT2D eigenvalue weighted by Crippen LogP contribution is 2.10. The van der Waals surface area contributed by atoms with Gasteiger partial charge in [-0.3, -0.25) is 4.98 Å². The third-order valence-electron chi connectivity index (χ3n) is 2.22. The Bertz CT molecular complexity index is 276. The summed E-state index contributed by atoms with van der Waals surface area (Å²) in [6.07, 6.45) is 6.00. The van der Waals surface area contributed by atoms with Crippen LogP contribution >= 0.6 is 0 Å². The van der Waals surface area contributed by atoms with Crippen LogP contribution < -0.4 is 5.32 Å². The fourth-order valence-corrected chi connectivity index (χ4v) is 1.28. The first-order chi connectivity index (χ1) is 7.34. The van der Waals surface area contributed by atoms with E-state index in [0.29, 0.717) is 0 Å². The van der Waals surface area contributed by atoms with Gasteiger partial charge in [-0.05, 0) is 25.0 Å². The Morgan fingerprint density at radius 2 is 2.27 bits per heavy atom. The molecule has 0 amide bonds. The molecule has 0 atom stereocenters. The van der Waals surface area contributed by atoms with Gasteiger partial charge in [0.1, 0.15) is 0 Å². The van der Waals surface area contributed by atoms with E-state index in [1.54, 1.807) is 6.20 Å². The largest absolute Gasteiger partial charge is 0.382 e. The molecule has 1 N–H and O–H groups in total. The Kier molecular flexibility index (Phi) is 5.78. The van der Waals surface area contributed by atoms with Gasteiger partial charge in [-0.1, -0.05) is 13.3 Å². The number of rotatable bonds is 7. The lowest BCUT2D eigenvalue weighted by molar-refractivity contribution is 0.141. The molecule has 0 spiro atoms. The molecule has 0 saturated carbocycles. The molecular formula is C12H20N2O. The number of nitrogens with one attached hydrogen (secondary N) is 1. The minimum absolute atomic E-state index is 0.766. The number of nitrogens with zero attached hydrogens (tertiary/aromatic N) is 1. The molecule has 3 heteroatoms. The number of aryl methyl sites for hydroxylation is 1. The van der Waals surface area contributed by atoms with Gasteiger partial charge in [0.05, 0.1) is 6.61 Å². The summed E-state index contributed by atoms with van der Waals surface area (Å²) in [5.74, 6) is 0. The van der Waals surface area contributed by atoms with E-state index in [9.17, 15) is 0 Å². The molecule has 0 aliphatic carbocycles. The molecule has 1 rings (SSSR count). The number of anilines is 1. The summed E-state index contributed by atoms with van der Waals surface area (Å²) in [5, 5.41) is 3.32. The molecular weight excluding hydrogens is 188 g/mol. The molecule has 3 nitrogen and oxygen atoms in total. The Balaban J connectivity index is 2.12. The first kappa shape index (κ1) is 12.0. The minimum Gasteiger partial charge on any atom is -0.382 e. The van der Waals surface area contributed by atoms with Gasteiger partial charge in [0.15, 0.2) is 0 Å². The van der Waals surface area contributed by atoms with Crippen LogP contribution in [-0.4, -0.2) is 24.7 Å². The van der Waals surface area contributed by atoms with Crippen molar-refractivity contribution in [3.05, 3.63) is 24.0 Å². The van der Waals surface area contributed by atoms with Gasteiger partial charge in [0.25, 0.3) is 0 Å². The average Bonchev–Trinajstić information content (AvgIpc) is 2.25. The summed E-state index contributed by atoms with van der Waals surface area (Å²) >= 11 is 0. The third-order valence-corrected chi connectivity index (χ3v) is 2.22. The van der Waals surface area contributed by atoms with Crippen LogP contribution in [0.4, 0.5) is 5.69 Å². The second-order valence-electron chi connectivity index (χ2n) is 3.58. The summed E-state index contributed by atoms with van der Waals surface area (Å²) in [6, 6.07) is 1.99. The number of ether oxygens (including phenoxy) is 1. The van der Waals surface area contributed by atoms with Crippen molar-refractivity contribution in [2.75, 3.05) is 25.1 Å². The smallest absolute Gasteiger partial charge is 0.0639 e. The fraction of sp³-hybridized carbons (Fsp3) is 0.583. The normalized spacial score (nSPS) is 10.3. The number of hydrogen-bond donors (Lipinski definition) is 1. The zero-order chi connectivity index (χ0) is 10.9. The van der Waals surface area contributed by atoms with E-state index < -0.39 is 0 Å². The Morgan fingerprint density at radius 3 is 3.00 bits per heavy atom. The zero-order valence-electron chi connectivity index (χ0n) is 9.62. The maximum Gasteiger partial charge on any atom is 0.0639 e. The number of unbranched alkanes of at least 4 members (excludes halogenated alkanes) is 1. The van der Waals surface area contributed by atoms with Crippen LogP contribution in [0.5, 0.6) is 0 Å². The molecule has 0 unspecified atom stereocenters. The van der Waals surface area contributed by atoms with Crippen molar-refractivity contribution in [1.29, 1.82) is 0 Å². The zero-order valence-corrected chi connectivity index (χ0v) is 9.62. The maximum atomic E-state index is 5.46. The van der Waals surface area contributed by atoms with E-state index in [1.807, 2.05) is 19.2 Å². The lowest BCUT2D eigenvalue weighted by Crippen LogP contribution is -2.10. The molecule has 0 aromatic carbocycles. The molecule has 0 aliphatic heterocycles. The highest BCUT2D eigenvalue weighted by Gasteiger charge is 1.95. The van der Waals surface area contributed by atoms with Crippen molar-refractivity contribution in [2.45, 2.75) is 26.7 Å². The summed E-state index contributed by atoms with van der Waals surface area (Å²) in [7, 11) is 0. The van der Waals surface area contributed by atoms with Crippen molar-refractivity contribution in [3.63, 3.8) is 0 Å². The average molecular weight is 208 g/mol. The van der Waals surface area contributed by atoms with E-state index in [-0.39, 0.29) is 0 Å². The van der Waals surface area contributed by atoms with Gasteiger partial charge in [-0.2, -0.15) is 0 Å². The highest BCUT2D eigenvalue weighted by molar-refractivity contribution is 5.48. The predicted molar refractivity (Wildman–Crippen MR) is 63.2 cm³/mol.